The van der Waals surface area contributed by atoms with Crippen LogP contribution in [0.5, 0.6) is 0 Å². The summed E-state index contributed by atoms with van der Waals surface area (Å²) < 4.78 is 68.3. The second kappa shape index (κ2) is 7.12. The molecule has 0 aliphatic heterocycles. The Bertz CT molecular complexity index is 1190. The van der Waals surface area contributed by atoms with Gasteiger partial charge in [-0.1, -0.05) is 6.07 Å². The first-order valence-electron chi connectivity index (χ1n) is 7.94. The van der Waals surface area contributed by atoms with Gasteiger partial charge >= 0.3 is 0 Å². The van der Waals surface area contributed by atoms with Crippen molar-refractivity contribution in [2.75, 3.05) is 0 Å². The Morgan fingerprint density at radius 1 is 1.00 bits per heavy atom. The van der Waals surface area contributed by atoms with E-state index in [9.17, 15) is 26.4 Å². The molecule has 2 aromatic carbocycles. The molecule has 0 spiro atoms. The highest BCUT2D eigenvalue weighted by Gasteiger charge is 2.24. The van der Waals surface area contributed by atoms with Gasteiger partial charge in [-0.15, -0.1) is 0 Å². The van der Waals surface area contributed by atoms with Crippen LogP contribution in [0.25, 0.3) is 5.69 Å². The Morgan fingerprint density at radius 3 is 2.36 bits per heavy atom. The second-order valence-corrected chi connectivity index (χ2v) is 7.70. The SMILES string of the molecule is Cc1ccc(S(=O)(=O)NC(=O)c2cc(C)n(-c3ccc(F)cc3F)n2)c(F)c1. The zero-order chi connectivity index (χ0) is 20.6. The monoisotopic (exact) mass is 409 g/mol. The fraction of sp³-hybridized carbons (Fsp3) is 0.111. The fourth-order valence-corrected chi connectivity index (χ4v) is 3.56. The highest BCUT2D eigenvalue weighted by Crippen LogP contribution is 2.19. The highest BCUT2D eigenvalue weighted by molar-refractivity contribution is 7.90. The third-order valence-electron chi connectivity index (χ3n) is 3.86. The summed E-state index contributed by atoms with van der Waals surface area (Å²) in [4.78, 5) is 11.6. The summed E-state index contributed by atoms with van der Waals surface area (Å²) in [6.07, 6.45) is 0. The van der Waals surface area contributed by atoms with Gasteiger partial charge in [0.05, 0.1) is 0 Å². The molecular formula is C18H14F3N3O3S. The molecule has 1 heterocycles. The summed E-state index contributed by atoms with van der Waals surface area (Å²) in [7, 11) is -4.48. The van der Waals surface area contributed by atoms with Gasteiger partial charge in [-0.2, -0.15) is 5.10 Å². The lowest BCUT2D eigenvalue weighted by molar-refractivity contribution is 0.0976. The fourth-order valence-electron chi connectivity index (χ4n) is 2.54. The molecule has 0 fully saturated rings. The number of aryl methyl sites for hydroxylation is 2. The number of rotatable bonds is 4. The lowest BCUT2D eigenvalue weighted by Gasteiger charge is -2.07. The number of benzene rings is 2. The van der Waals surface area contributed by atoms with Crippen molar-refractivity contribution in [3.05, 3.63) is 76.9 Å². The second-order valence-electron chi connectivity index (χ2n) is 6.05. The maximum atomic E-state index is 14.0. The molecule has 0 atom stereocenters. The van der Waals surface area contributed by atoms with Crippen molar-refractivity contribution in [1.29, 1.82) is 0 Å². The van der Waals surface area contributed by atoms with Crippen LogP contribution < -0.4 is 4.72 Å². The van der Waals surface area contributed by atoms with Crippen molar-refractivity contribution in [3.8, 4) is 5.69 Å². The number of hydrogen-bond acceptors (Lipinski definition) is 4. The van der Waals surface area contributed by atoms with Gasteiger partial charge in [-0.3, -0.25) is 4.79 Å². The molecule has 146 valence electrons. The molecule has 0 unspecified atom stereocenters. The van der Waals surface area contributed by atoms with E-state index in [0.29, 0.717) is 17.3 Å². The molecule has 0 bridgehead atoms. The van der Waals surface area contributed by atoms with Crippen molar-refractivity contribution in [1.82, 2.24) is 14.5 Å². The van der Waals surface area contributed by atoms with Crippen molar-refractivity contribution in [2.24, 2.45) is 0 Å². The zero-order valence-corrected chi connectivity index (χ0v) is 15.5. The molecule has 0 saturated carbocycles. The van der Waals surface area contributed by atoms with Crippen molar-refractivity contribution in [2.45, 2.75) is 18.7 Å². The van der Waals surface area contributed by atoms with Crippen molar-refractivity contribution in [3.63, 3.8) is 0 Å². The van der Waals surface area contributed by atoms with Crippen LogP contribution in [0.1, 0.15) is 21.7 Å². The number of nitrogens with one attached hydrogen (secondary N) is 1. The summed E-state index contributed by atoms with van der Waals surface area (Å²) >= 11 is 0. The number of aromatic nitrogens is 2. The van der Waals surface area contributed by atoms with Gasteiger partial charge in [0.25, 0.3) is 15.9 Å². The maximum Gasteiger partial charge on any atom is 0.285 e. The van der Waals surface area contributed by atoms with E-state index in [2.05, 4.69) is 5.10 Å². The zero-order valence-electron chi connectivity index (χ0n) is 14.7. The van der Waals surface area contributed by atoms with Crippen molar-refractivity contribution < 1.29 is 26.4 Å². The topological polar surface area (TPSA) is 81.1 Å². The van der Waals surface area contributed by atoms with Crippen LogP contribution in [-0.2, 0) is 10.0 Å². The van der Waals surface area contributed by atoms with Crippen LogP contribution in [-0.4, -0.2) is 24.1 Å². The Labute approximate surface area is 158 Å². The average Bonchev–Trinajstić information content (AvgIpc) is 2.96. The van der Waals surface area contributed by atoms with E-state index >= 15 is 0 Å². The Balaban J connectivity index is 1.91. The molecule has 1 amide bonds. The smallest absolute Gasteiger partial charge is 0.266 e. The average molecular weight is 409 g/mol. The van der Waals surface area contributed by atoms with Gasteiger partial charge < -0.3 is 0 Å². The summed E-state index contributed by atoms with van der Waals surface area (Å²) in [5.41, 5.74) is 0.357. The van der Waals surface area contributed by atoms with Crippen LogP contribution >= 0.6 is 0 Å². The third-order valence-corrected chi connectivity index (χ3v) is 5.23. The summed E-state index contributed by atoms with van der Waals surface area (Å²) in [5.74, 6) is -3.82. The van der Waals surface area contributed by atoms with Gasteiger partial charge in [0.1, 0.15) is 22.2 Å². The lowest BCUT2D eigenvalue weighted by atomic mass is 10.2. The molecule has 3 aromatic rings. The number of carbonyl (C=O) groups excluding carboxylic acids is 1. The first kappa shape index (κ1) is 19.6. The minimum Gasteiger partial charge on any atom is -0.266 e. The molecule has 1 N–H and O–H groups in total. The number of amides is 1. The molecule has 0 aliphatic carbocycles. The van der Waals surface area contributed by atoms with Crippen LogP contribution in [0.2, 0.25) is 0 Å². The maximum absolute atomic E-state index is 14.0. The summed E-state index contributed by atoms with van der Waals surface area (Å²) in [5, 5.41) is 3.87. The predicted molar refractivity (Wildman–Crippen MR) is 94.0 cm³/mol. The molecule has 0 aliphatic rings. The van der Waals surface area contributed by atoms with Gasteiger partial charge in [-0.05, 0) is 49.7 Å². The van der Waals surface area contributed by atoms with Crippen LogP contribution in [0.15, 0.2) is 47.4 Å². The number of halogens is 3. The van der Waals surface area contributed by atoms with Gasteiger partial charge in [0.2, 0.25) is 0 Å². The summed E-state index contributed by atoms with van der Waals surface area (Å²) in [6, 6.07) is 7.47. The molecule has 10 heteroatoms. The number of carbonyl (C=O) groups is 1. The van der Waals surface area contributed by atoms with Crippen LogP contribution in [0.4, 0.5) is 13.2 Å². The molecule has 28 heavy (non-hydrogen) atoms. The minimum absolute atomic E-state index is 0.120. The molecule has 1 aromatic heterocycles. The normalized spacial score (nSPS) is 11.5. The Kier molecular flexibility index (Phi) is 4.99. The molecule has 0 saturated heterocycles. The quantitative estimate of drug-likeness (QED) is 0.718. The van der Waals surface area contributed by atoms with Gasteiger partial charge in [0.15, 0.2) is 11.5 Å². The Morgan fingerprint density at radius 2 is 1.71 bits per heavy atom. The van der Waals surface area contributed by atoms with Crippen LogP contribution in [0, 0.1) is 31.3 Å². The first-order chi connectivity index (χ1) is 13.1. The van der Waals surface area contributed by atoms with E-state index in [-0.39, 0.29) is 11.4 Å². The number of sulfonamides is 1. The number of nitrogens with zero attached hydrogens (tertiary/aromatic N) is 2. The van der Waals surface area contributed by atoms with Gasteiger partial charge in [0, 0.05) is 11.8 Å². The van der Waals surface area contributed by atoms with Gasteiger partial charge in [-0.25, -0.2) is 31.0 Å². The summed E-state index contributed by atoms with van der Waals surface area (Å²) in [6.45, 7) is 3.09. The van der Waals surface area contributed by atoms with E-state index in [0.717, 1.165) is 28.9 Å². The third kappa shape index (κ3) is 3.77. The Hall–Kier alpha value is -3.14. The van der Waals surface area contributed by atoms with Crippen molar-refractivity contribution >= 4 is 15.9 Å². The lowest BCUT2D eigenvalue weighted by Crippen LogP contribution is -2.31. The molecule has 3 rings (SSSR count). The molecular weight excluding hydrogens is 395 g/mol. The first-order valence-corrected chi connectivity index (χ1v) is 9.42. The highest BCUT2D eigenvalue weighted by atomic mass is 32.2. The van der Waals surface area contributed by atoms with E-state index in [4.69, 9.17) is 0 Å². The van der Waals surface area contributed by atoms with E-state index in [1.165, 1.54) is 19.1 Å². The largest absolute Gasteiger partial charge is 0.285 e. The van der Waals surface area contributed by atoms with E-state index < -0.39 is 38.3 Å². The predicted octanol–water partition coefficient (Wildman–Crippen LogP) is 3.03. The molecule has 6 nitrogen and oxygen atoms in total. The van der Waals surface area contributed by atoms with E-state index in [1.807, 2.05) is 0 Å². The van der Waals surface area contributed by atoms with Crippen LogP contribution in [0.3, 0.4) is 0 Å². The minimum atomic E-state index is -4.48. The number of hydrogen-bond donors (Lipinski definition) is 1. The molecule has 0 radical (unpaired) electrons. The van der Waals surface area contributed by atoms with E-state index in [1.54, 1.807) is 11.6 Å². The standard InChI is InChI=1S/C18H14F3N3O3S/c1-10-3-6-17(14(21)7-10)28(26,27)23-18(25)15-8-11(2)24(22-15)16-5-4-12(19)9-13(16)20/h3-9H,1-2H3,(H,23,25).